The van der Waals surface area contributed by atoms with Gasteiger partial charge >= 0.3 is 0 Å². The fraction of sp³-hybridized carbons (Fsp3) is 0.250. The van der Waals surface area contributed by atoms with E-state index in [0.717, 1.165) is 5.69 Å². The predicted molar refractivity (Wildman–Crippen MR) is 141 cm³/mol. The Morgan fingerprint density at radius 2 is 1.87 bits per heavy atom. The number of anilines is 2. The highest BCUT2D eigenvalue weighted by Crippen LogP contribution is 2.35. The van der Waals surface area contributed by atoms with Crippen LogP contribution in [-0.4, -0.2) is 45.6 Å². The van der Waals surface area contributed by atoms with Gasteiger partial charge < -0.3 is 25.1 Å². The highest BCUT2D eigenvalue weighted by Gasteiger charge is 2.40. The van der Waals surface area contributed by atoms with E-state index in [-0.39, 0.29) is 37.9 Å². The maximum Gasteiger partial charge on any atom is 0.230 e. The number of amides is 1. The first-order chi connectivity index (χ1) is 18.9. The number of imidazole rings is 1. The molecule has 1 amide bonds. The van der Waals surface area contributed by atoms with Crippen molar-refractivity contribution in [2.24, 2.45) is 5.41 Å². The third-order valence-electron chi connectivity index (χ3n) is 6.18. The van der Waals surface area contributed by atoms with Gasteiger partial charge in [-0.25, -0.2) is 19.3 Å². The van der Waals surface area contributed by atoms with Crippen LogP contribution in [0.5, 0.6) is 0 Å². The first-order valence-electron chi connectivity index (χ1n) is 12.3. The molecule has 2 aromatic heterocycles. The van der Waals surface area contributed by atoms with Crippen molar-refractivity contribution in [2.75, 3.05) is 25.1 Å². The number of rotatable bonds is 8. The summed E-state index contributed by atoms with van der Waals surface area (Å²) in [5.74, 6) is 0.164. The molecule has 0 radical (unpaired) electrons. The Morgan fingerprint density at radius 1 is 1.13 bits per heavy atom. The molecule has 0 atom stereocenters. The van der Waals surface area contributed by atoms with Crippen molar-refractivity contribution in [1.82, 2.24) is 25.3 Å². The van der Waals surface area contributed by atoms with E-state index < -0.39 is 11.7 Å². The zero-order valence-electron chi connectivity index (χ0n) is 21.1. The Kier molecular flexibility index (Phi) is 7.58. The third kappa shape index (κ3) is 5.93. The fourth-order valence-electron chi connectivity index (χ4n) is 4.06. The quantitative estimate of drug-likeness (QED) is 0.285. The van der Waals surface area contributed by atoms with Crippen LogP contribution < -0.4 is 10.6 Å². The van der Waals surface area contributed by atoms with Gasteiger partial charge in [0.15, 0.2) is 5.82 Å². The van der Waals surface area contributed by atoms with E-state index in [1.54, 1.807) is 31.3 Å². The lowest BCUT2D eigenvalue weighted by Gasteiger charge is -2.35. The molecule has 2 aromatic carbocycles. The minimum Gasteiger partial charge on any atom is -0.354 e. The summed E-state index contributed by atoms with van der Waals surface area (Å²) in [4.78, 5) is 29.6. The van der Waals surface area contributed by atoms with Gasteiger partial charge in [0.05, 0.1) is 48.2 Å². The summed E-state index contributed by atoms with van der Waals surface area (Å²) in [6.45, 7) is 2.19. The molecule has 0 spiro atoms. The predicted octanol–water partition coefficient (Wildman–Crippen LogP) is 4.50. The van der Waals surface area contributed by atoms with Gasteiger partial charge in [0.2, 0.25) is 18.1 Å². The number of H-pyrrole nitrogens is 1. The molecular weight excluding hydrogens is 501 g/mol. The van der Waals surface area contributed by atoms with Crippen molar-refractivity contribution < 1.29 is 18.7 Å². The normalized spacial score (nSPS) is 18.7. The molecule has 3 N–H and O–H groups in total. The van der Waals surface area contributed by atoms with Gasteiger partial charge in [-0.1, -0.05) is 18.2 Å². The second-order valence-electron chi connectivity index (χ2n) is 9.29. The molecule has 3 heterocycles. The lowest BCUT2D eigenvalue weighted by atomic mass is 9.91. The maximum absolute atomic E-state index is 13.7. The topological polar surface area (TPSA) is 138 Å². The highest BCUT2D eigenvalue weighted by molar-refractivity contribution is 5.82. The molecule has 10 nitrogen and oxygen atoms in total. The van der Waals surface area contributed by atoms with Crippen molar-refractivity contribution >= 4 is 17.5 Å². The lowest BCUT2D eigenvalue weighted by Crippen LogP contribution is -2.48. The molecule has 5 rings (SSSR count). The number of hydrogen-bond donors (Lipinski definition) is 3. The third-order valence-corrected chi connectivity index (χ3v) is 6.18. The van der Waals surface area contributed by atoms with Crippen LogP contribution in [0.1, 0.15) is 25.5 Å². The number of aromatic nitrogens is 4. The highest BCUT2D eigenvalue weighted by atomic mass is 19.1. The first kappa shape index (κ1) is 26.0. The Hall–Kier alpha value is -4.66. The summed E-state index contributed by atoms with van der Waals surface area (Å²) in [6.07, 6.45) is 0.993. The van der Waals surface area contributed by atoms with Crippen LogP contribution in [0.4, 0.5) is 16.0 Å². The molecule has 1 aliphatic heterocycles. The SMILES string of the molecule is CC1(C(=O)NCCC#N)COC(c2nc(-c3ccc(F)cc3)c(-c3ccnc(Nc4ccccc4)n3)[nH]2)OC1. The van der Waals surface area contributed by atoms with Gasteiger partial charge in [0, 0.05) is 24.0 Å². The lowest BCUT2D eigenvalue weighted by molar-refractivity contribution is -0.231. The maximum atomic E-state index is 13.7. The standard InChI is InChI=1S/C28H26FN7O3/c1-28(26(37)31-14-5-13-30)16-38-25(39-17-28)24-35-22(18-8-10-19(29)11-9-18)23(36-24)21-12-15-32-27(34-21)33-20-6-3-2-4-7-20/h2-4,6-12,15,25H,5,14,16-17H2,1H3,(H,31,37)(H,35,36)(H,32,33,34). The number of para-hydroxylation sites is 1. The number of nitrogens with zero attached hydrogens (tertiary/aromatic N) is 4. The monoisotopic (exact) mass is 527 g/mol. The van der Waals surface area contributed by atoms with E-state index in [1.807, 2.05) is 36.4 Å². The Labute approximate surface area is 224 Å². The van der Waals surface area contributed by atoms with Gasteiger partial charge in [-0.15, -0.1) is 0 Å². The van der Waals surface area contributed by atoms with E-state index in [4.69, 9.17) is 19.7 Å². The number of ether oxygens (including phenoxy) is 2. The van der Waals surface area contributed by atoms with Crippen molar-refractivity contribution in [1.29, 1.82) is 5.26 Å². The smallest absolute Gasteiger partial charge is 0.230 e. The minimum atomic E-state index is -0.911. The zero-order chi connectivity index (χ0) is 27.2. The Balaban J connectivity index is 1.42. The molecule has 0 bridgehead atoms. The Bertz CT molecular complexity index is 1480. The molecule has 1 aliphatic rings. The summed E-state index contributed by atoms with van der Waals surface area (Å²) in [7, 11) is 0. The Morgan fingerprint density at radius 3 is 2.59 bits per heavy atom. The number of hydrogen-bond acceptors (Lipinski definition) is 8. The molecule has 1 saturated heterocycles. The summed E-state index contributed by atoms with van der Waals surface area (Å²) < 4.78 is 25.5. The molecule has 4 aromatic rings. The van der Waals surface area contributed by atoms with Crippen molar-refractivity contribution in [3.05, 3.63) is 78.5 Å². The van der Waals surface area contributed by atoms with Crippen molar-refractivity contribution in [2.45, 2.75) is 19.6 Å². The van der Waals surface area contributed by atoms with E-state index in [2.05, 4.69) is 25.6 Å². The van der Waals surface area contributed by atoms with Crippen molar-refractivity contribution in [3.63, 3.8) is 0 Å². The molecule has 0 aliphatic carbocycles. The number of benzene rings is 2. The number of carbonyl (C=O) groups excluding carboxylic acids is 1. The summed E-state index contributed by atoms with van der Waals surface area (Å²) in [6, 6.07) is 19.3. The molecule has 11 heteroatoms. The number of carbonyl (C=O) groups is 1. The summed E-state index contributed by atoms with van der Waals surface area (Å²) >= 11 is 0. The van der Waals surface area contributed by atoms with Crippen molar-refractivity contribution in [3.8, 4) is 28.7 Å². The molecular formula is C28H26FN7O3. The average Bonchev–Trinajstić information content (AvgIpc) is 3.40. The van der Waals surface area contributed by atoms with E-state index in [1.165, 1.54) is 12.1 Å². The summed E-state index contributed by atoms with van der Waals surface area (Å²) in [5, 5.41) is 14.6. The average molecular weight is 528 g/mol. The largest absolute Gasteiger partial charge is 0.354 e. The van der Waals surface area contributed by atoms with Crippen LogP contribution in [0.15, 0.2) is 66.9 Å². The number of nitrogens with one attached hydrogen (secondary N) is 3. The molecule has 0 unspecified atom stereocenters. The van der Waals surface area contributed by atoms with E-state index >= 15 is 0 Å². The number of aromatic amines is 1. The fourth-order valence-corrected chi connectivity index (χ4v) is 4.06. The number of halogens is 1. The van der Waals surface area contributed by atoms with Crippen LogP contribution >= 0.6 is 0 Å². The minimum absolute atomic E-state index is 0.0939. The van der Waals surface area contributed by atoms with Crippen LogP contribution in [0.3, 0.4) is 0 Å². The van der Waals surface area contributed by atoms with E-state index in [9.17, 15) is 9.18 Å². The van der Waals surface area contributed by atoms with Crippen LogP contribution in [-0.2, 0) is 14.3 Å². The van der Waals surface area contributed by atoms with Crippen LogP contribution in [0, 0.1) is 22.6 Å². The number of nitriles is 1. The molecule has 1 fully saturated rings. The summed E-state index contributed by atoms with van der Waals surface area (Å²) in [5.41, 5.74) is 2.25. The molecule has 0 saturated carbocycles. The van der Waals surface area contributed by atoms with E-state index in [0.29, 0.717) is 34.4 Å². The second kappa shape index (κ2) is 11.4. The molecule has 39 heavy (non-hydrogen) atoms. The first-order valence-corrected chi connectivity index (χ1v) is 12.3. The van der Waals surface area contributed by atoms with Gasteiger partial charge in [0.25, 0.3) is 0 Å². The van der Waals surface area contributed by atoms with Gasteiger partial charge in [-0.05, 0) is 49.4 Å². The van der Waals surface area contributed by atoms with Crippen LogP contribution in [0.25, 0.3) is 22.6 Å². The molecule has 198 valence electrons. The van der Waals surface area contributed by atoms with Crippen LogP contribution in [0.2, 0.25) is 0 Å². The van der Waals surface area contributed by atoms with Gasteiger partial charge in [0.1, 0.15) is 5.82 Å². The van der Waals surface area contributed by atoms with Gasteiger partial charge in [-0.2, -0.15) is 5.26 Å². The second-order valence-corrected chi connectivity index (χ2v) is 9.29. The van der Waals surface area contributed by atoms with Gasteiger partial charge in [-0.3, -0.25) is 4.79 Å². The zero-order valence-corrected chi connectivity index (χ0v) is 21.1.